The molecule has 0 atom stereocenters. The van der Waals surface area contributed by atoms with Crippen molar-refractivity contribution in [3.63, 3.8) is 0 Å². The molecule has 2 amide bonds. The predicted molar refractivity (Wildman–Crippen MR) is 116 cm³/mol. The first-order valence-electron chi connectivity index (χ1n) is 9.93. The van der Waals surface area contributed by atoms with E-state index < -0.39 is 23.1 Å². The number of hydrogen-bond donors (Lipinski definition) is 2. The van der Waals surface area contributed by atoms with Crippen LogP contribution in [0.25, 0.3) is 10.3 Å². The smallest absolute Gasteiger partial charge is 0.273 e. The summed E-state index contributed by atoms with van der Waals surface area (Å²) in [6, 6.07) is 2.79. The third-order valence-corrected chi connectivity index (χ3v) is 6.37. The lowest BCUT2D eigenvalue weighted by Gasteiger charge is -2.30. The van der Waals surface area contributed by atoms with Gasteiger partial charge in [-0.1, -0.05) is 11.3 Å². The van der Waals surface area contributed by atoms with E-state index in [4.69, 9.17) is 0 Å². The topological polar surface area (TPSA) is 109 Å². The largest absolute Gasteiger partial charge is 0.359 e. The Bertz CT molecular complexity index is 1240. The highest BCUT2D eigenvalue weighted by atomic mass is 32.1. The molecule has 168 valence electrons. The number of carbonyl (C=O) groups is 2. The van der Waals surface area contributed by atoms with E-state index in [0.717, 1.165) is 16.7 Å². The molecular weight excluding hydrogens is 442 g/mol. The maximum Gasteiger partial charge on any atom is 0.273 e. The molecule has 1 fully saturated rings. The molecule has 0 radical (unpaired) electrons. The van der Waals surface area contributed by atoms with Gasteiger partial charge in [0.15, 0.2) is 10.8 Å². The van der Waals surface area contributed by atoms with Crippen molar-refractivity contribution in [2.75, 3.05) is 30.4 Å². The van der Waals surface area contributed by atoms with Crippen molar-refractivity contribution in [3.8, 4) is 0 Å². The van der Waals surface area contributed by atoms with Crippen LogP contribution in [0, 0.1) is 17.6 Å². The molecule has 4 rings (SSSR count). The average molecular weight is 462 g/mol. The monoisotopic (exact) mass is 462 g/mol. The molecule has 2 N–H and O–H groups in total. The van der Waals surface area contributed by atoms with Crippen LogP contribution < -0.4 is 21.1 Å². The second kappa shape index (κ2) is 8.99. The zero-order valence-corrected chi connectivity index (χ0v) is 17.9. The number of rotatable bonds is 5. The number of carbonyl (C=O) groups excluding carboxylic acids is 2. The Kier molecular flexibility index (Phi) is 6.12. The van der Waals surface area contributed by atoms with Crippen LogP contribution in [0.5, 0.6) is 0 Å². The summed E-state index contributed by atoms with van der Waals surface area (Å²) in [4.78, 5) is 47.5. The number of aromatic nitrogens is 3. The molecule has 0 aliphatic carbocycles. The van der Waals surface area contributed by atoms with Crippen molar-refractivity contribution in [3.05, 3.63) is 46.5 Å². The van der Waals surface area contributed by atoms with E-state index in [2.05, 4.69) is 20.6 Å². The SMILES string of the molecule is CNC(=O)C1CCN(c2nc3ncn(CC(=O)Nc4ccc(F)cc4F)c(=O)c3s2)CC1. The van der Waals surface area contributed by atoms with Crippen LogP contribution >= 0.6 is 11.3 Å². The Morgan fingerprint density at radius 1 is 1.25 bits per heavy atom. The molecule has 3 heterocycles. The zero-order chi connectivity index (χ0) is 22.8. The van der Waals surface area contributed by atoms with Crippen molar-refractivity contribution >= 4 is 44.3 Å². The molecule has 0 spiro atoms. The van der Waals surface area contributed by atoms with E-state index >= 15 is 0 Å². The minimum absolute atomic E-state index is 0.0253. The molecule has 3 aromatic rings. The highest BCUT2D eigenvalue weighted by Crippen LogP contribution is 2.29. The standard InChI is InChI=1S/C20H20F2N6O3S/c1-23-18(30)11-4-6-27(7-5-11)20-26-17-16(32-20)19(31)28(10-24-17)9-15(29)25-14-3-2-12(21)8-13(14)22/h2-3,8,10-11H,4-7,9H2,1H3,(H,23,30)(H,25,29). The Hall–Kier alpha value is -3.41. The second-order valence-corrected chi connectivity index (χ2v) is 8.35. The van der Waals surface area contributed by atoms with Gasteiger partial charge in [0.2, 0.25) is 11.8 Å². The lowest BCUT2D eigenvalue weighted by Crippen LogP contribution is -2.39. The summed E-state index contributed by atoms with van der Waals surface area (Å²) < 4.78 is 28.2. The number of anilines is 2. The summed E-state index contributed by atoms with van der Waals surface area (Å²) >= 11 is 1.18. The van der Waals surface area contributed by atoms with Gasteiger partial charge in [-0.15, -0.1) is 0 Å². The molecular formula is C20H20F2N6O3S. The molecule has 1 aromatic carbocycles. The molecule has 0 saturated carbocycles. The summed E-state index contributed by atoms with van der Waals surface area (Å²) in [5.41, 5.74) is -0.336. The molecule has 32 heavy (non-hydrogen) atoms. The number of piperidine rings is 1. The third-order valence-electron chi connectivity index (χ3n) is 5.27. The van der Waals surface area contributed by atoms with E-state index in [-0.39, 0.29) is 29.7 Å². The first kappa shape index (κ1) is 21.8. The van der Waals surface area contributed by atoms with E-state index in [9.17, 15) is 23.2 Å². The van der Waals surface area contributed by atoms with Gasteiger partial charge in [-0.25, -0.2) is 13.8 Å². The molecule has 1 aliphatic rings. The molecule has 0 bridgehead atoms. The number of fused-ring (bicyclic) bond motifs is 1. The van der Waals surface area contributed by atoms with Crippen LogP contribution in [0.3, 0.4) is 0 Å². The Balaban J connectivity index is 1.48. The van der Waals surface area contributed by atoms with Crippen LogP contribution in [0.4, 0.5) is 19.6 Å². The Morgan fingerprint density at radius 2 is 2.00 bits per heavy atom. The quantitative estimate of drug-likeness (QED) is 0.598. The summed E-state index contributed by atoms with van der Waals surface area (Å²) in [5, 5.41) is 5.62. The van der Waals surface area contributed by atoms with Crippen molar-refractivity contribution < 1.29 is 18.4 Å². The Morgan fingerprint density at radius 3 is 2.69 bits per heavy atom. The van der Waals surface area contributed by atoms with Gasteiger partial charge in [0, 0.05) is 32.1 Å². The first-order valence-corrected chi connectivity index (χ1v) is 10.7. The average Bonchev–Trinajstić information content (AvgIpc) is 3.22. The van der Waals surface area contributed by atoms with Gasteiger partial charge in [-0.3, -0.25) is 19.0 Å². The normalized spacial score (nSPS) is 14.5. The van der Waals surface area contributed by atoms with Crippen molar-refractivity contribution in [2.24, 2.45) is 5.92 Å². The van der Waals surface area contributed by atoms with Crippen LogP contribution in [-0.4, -0.2) is 46.5 Å². The lowest BCUT2D eigenvalue weighted by atomic mass is 9.96. The summed E-state index contributed by atoms with van der Waals surface area (Å²) in [7, 11) is 1.62. The maximum atomic E-state index is 13.7. The molecule has 1 aliphatic heterocycles. The Labute approximate surface area is 185 Å². The summed E-state index contributed by atoms with van der Waals surface area (Å²) in [6.45, 7) is 0.888. The van der Waals surface area contributed by atoms with E-state index in [1.165, 1.54) is 17.7 Å². The fourth-order valence-corrected chi connectivity index (χ4v) is 4.58. The van der Waals surface area contributed by atoms with Crippen LogP contribution in [0.1, 0.15) is 12.8 Å². The third kappa shape index (κ3) is 4.44. The van der Waals surface area contributed by atoms with E-state index in [1.807, 2.05) is 4.90 Å². The minimum atomic E-state index is -0.911. The van der Waals surface area contributed by atoms with Gasteiger partial charge in [-0.2, -0.15) is 4.98 Å². The summed E-state index contributed by atoms with van der Waals surface area (Å²) in [5.74, 6) is -2.33. The molecule has 9 nitrogen and oxygen atoms in total. The molecule has 12 heteroatoms. The molecule has 2 aromatic heterocycles. The van der Waals surface area contributed by atoms with Crippen molar-refractivity contribution in [1.29, 1.82) is 0 Å². The van der Waals surface area contributed by atoms with Crippen molar-refractivity contribution in [2.45, 2.75) is 19.4 Å². The van der Waals surface area contributed by atoms with Gasteiger partial charge in [0.25, 0.3) is 5.56 Å². The highest BCUT2D eigenvalue weighted by molar-refractivity contribution is 7.22. The van der Waals surface area contributed by atoms with Gasteiger partial charge < -0.3 is 15.5 Å². The number of thiazole rings is 1. The van der Waals surface area contributed by atoms with E-state index in [1.54, 1.807) is 7.05 Å². The number of nitrogens with zero attached hydrogens (tertiary/aromatic N) is 4. The van der Waals surface area contributed by atoms with Gasteiger partial charge in [0.05, 0.1) is 5.69 Å². The van der Waals surface area contributed by atoms with Gasteiger partial charge >= 0.3 is 0 Å². The van der Waals surface area contributed by atoms with Crippen LogP contribution in [0.15, 0.2) is 29.3 Å². The van der Waals surface area contributed by atoms with Gasteiger partial charge in [-0.05, 0) is 25.0 Å². The van der Waals surface area contributed by atoms with Crippen LogP contribution in [-0.2, 0) is 16.1 Å². The number of halogens is 2. The number of nitrogens with one attached hydrogen (secondary N) is 2. The molecule has 1 saturated heterocycles. The first-order chi connectivity index (χ1) is 15.4. The number of hydrogen-bond acceptors (Lipinski definition) is 7. The minimum Gasteiger partial charge on any atom is -0.359 e. The lowest BCUT2D eigenvalue weighted by molar-refractivity contribution is -0.125. The predicted octanol–water partition coefficient (Wildman–Crippen LogP) is 1.73. The fraction of sp³-hybridized carbons (Fsp3) is 0.350. The molecule has 0 unspecified atom stereocenters. The second-order valence-electron chi connectivity index (χ2n) is 7.37. The zero-order valence-electron chi connectivity index (χ0n) is 17.1. The summed E-state index contributed by atoms with van der Waals surface area (Å²) in [6.07, 6.45) is 2.59. The fourth-order valence-electron chi connectivity index (χ4n) is 3.56. The van der Waals surface area contributed by atoms with Crippen LogP contribution in [0.2, 0.25) is 0 Å². The highest BCUT2D eigenvalue weighted by Gasteiger charge is 2.26. The van der Waals surface area contributed by atoms with Gasteiger partial charge in [0.1, 0.15) is 29.2 Å². The van der Waals surface area contributed by atoms with Crippen molar-refractivity contribution in [1.82, 2.24) is 19.9 Å². The number of benzene rings is 1. The van der Waals surface area contributed by atoms with E-state index in [0.29, 0.717) is 41.8 Å². The maximum absolute atomic E-state index is 13.7. The number of amides is 2.